The lowest BCUT2D eigenvalue weighted by atomic mass is 10.1. The summed E-state index contributed by atoms with van der Waals surface area (Å²) in [5.41, 5.74) is 6.37. The number of rotatable bonds is 3. The van der Waals surface area contributed by atoms with Crippen LogP contribution in [0.5, 0.6) is 0 Å². The summed E-state index contributed by atoms with van der Waals surface area (Å²) in [6.45, 7) is -0.147. The van der Waals surface area contributed by atoms with Gasteiger partial charge in [0.05, 0.1) is 4.90 Å². The molecule has 0 amide bonds. The van der Waals surface area contributed by atoms with E-state index in [0.29, 0.717) is 11.3 Å². The van der Waals surface area contributed by atoms with E-state index in [1.807, 2.05) is 0 Å². The quantitative estimate of drug-likeness (QED) is 0.340. The molecule has 0 heterocycles. The van der Waals surface area contributed by atoms with E-state index >= 15 is 0 Å². The van der Waals surface area contributed by atoms with Crippen LogP contribution in [-0.4, -0.2) is 37.7 Å². The number of nitrogen functional groups attached to an aromatic ring is 1. The molecule has 9 nitrogen and oxygen atoms in total. The van der Waals surface area contributed by atoms with Gasteiger partial charge in [0.15, 0.2) is 0 Å². The van der Waals surface area contributed by atoms with Gasteiger partial charge in [-0.15, -0.1) is 0 Å². The van der Waals surface area contributed by atoms with Crippen LogP contribution in [0.2, 0.25) is 0 Å². The van der Waals surface area contributed by atoms with Crippen LogP contribution >= 0.6 is 0 Å². The molecule has 19 heavy (non-hydrogen) atoms. The summed E-state index contributed by atoms with van der Waals surface area (Å²) in [7, 11) is -8.41. The van der Waals surface area contributed by atoms with Crippen LogP contribution in [0.1, 0.15) is 5.56 Å². The van der Waals surface area contributed by atoms with E-state index in [9.17, 15) is 8.42 Å². The highest BCUT2D eigenvalue weighted by molar-refractivity contribution is 7.89. The monoisotopic (exact) mass is 314 g/mol. The third-order valence-electron chi connectivity index (χ3n) is 1.77. The van der Waals surface area contributed by atoms with E-state index in [0.717, 1.165) is 0 Å². The van der Waals surface area contributed by atoms with E-state index in [1.165, 1.54) is 18.2 Å². The Morgan fingerprint density at radius 1 is 1.11 bits per heavy atom. The molecule has 0 saturated carbocycles. The number of hydrogen-bond donors (Lipinski definition) is 5. The van der Waals surface area contributed by atoms with Crippen molar-refractivity contribution < 1.29 is 31.0 Å². The first-order valence-corrected chi connectivity index (χ1v) is 7.61. The Morgan fingerprint density at radius 3 is 1.95 bits per heavy atom. The first-order chi connectivity index (χ1) is 8.45. The molecule has 0 aliphatic heterocycles. The summed E-state index contributed by atoms with van der Waals surface area (Å²) in [5, 5.41) is 13.7. The first kappa shape index (κ1) is 17.8. The van der Waals surface area contributed by atoms with Crippen LogP contribution < -0.4 is 10.9 Å². The maximum Gasteiger partial charge on any atom is 0.394 e. The van der Waals surface area contributed by atoms with Gasteiger partial charge >= 0.3 is 10.4 Å². The zero-order chi connectivity index (χ0) is 15.3. The van der Waals surface area contributed by atoms with Crippen molar-refractivity contribution in [3.8, 4) is 0 Å². The Bertz CT molecular complexity index is 616. The Balaban J connectivity index is 0.000000555. The molecule has 0 aliphatic rings. The van der Waals surface area contributed by atoms with Crippen LogP contribution in [0.25, 0.3) is 0 Å². The molecule has 1 aromatic carbocycles. The third kappa shape index (κ3) is 8.47. The van der Waals surface area contributed by atoms with Gasteiger partial charge in [-0.05, 0) is 30.2 Å². The minimum atomic E-state index is -4.67. The van der Waals surface area contributed by atoms with Crippen LogP contribution in [0, 0.1) is 0 Å². The lowest BCUT2D eigenvalue weighted by Crippen LogP contribution is -2.15. The molecule has 1 rings (SSSR count). The normalized spacial score (nSPS) is 11.6. The van der Waals surface area contributed by atoms with Crippen molar-refractivity contribution in [1.29, 1.82) is 0 Å². The van der Waals surface area contributed by atoms with Crippen molar-refractivity contribution in [3.63, 3.8) is 0 Å². The first-order valence-electron chi connectivity index (χ1n) is 4.67. The number of benzene rings is 1. The van der Waals surface area contributed by atoms with E-state index in [2.05, 4.69) is 0 Å². The van der Waals surface area contributed by atoms with Crippen molar-refractivity contribution in [2.45, 2.75) is 11.3 Å². The molecular formula is C8H14N2O7S2. The smallest absolute Gasteiger partial charge is 0.394 e. The standard InChI is InChI=1S/C8H12N2O3S.H2O4S/c9-7-1-2-8(14(10,12)13)6(5-7)3-4-11;1-5(2,3)4/h1-2,5,11H,3-4,9H2,(H2,10,12,13);(H2,1,2,3,4). The molecule has 7 N–H and O–H groups in total. The fourth-order valence-electron chi connectivity index (χ4n) is 1.19. The number of sulfonamides is 1. The highest BCUT2D eigenvalue weighted by Gasteiger charge is 2.13. The predicted octanol–water partition coefficient (Wildman–Crippen LogP) is -1.20. The fourth-order valence-corrected chi connectivity index (χ4v) is 1.98. The summed E-state index contributed by atoms with van der Waals surface area (Å²) in [4.78, 5) is 0.0146. The van der Waals surface area contributed by atoms with Gasteiger partial charge < -0.3 is 10.8 Å². The number of primary sulfonamides is 1. The van der Waals surface area contributed by atoms with Gasteiger partial charge in [0.25, 0.3) is 0 Å². The fraction of sp³-hybridized carbons (Fsp3) is 0.250. The second-order valence-corrected chi connectivity index (χ2v) is 5.76. The zero-order valence-corrected chi connectivity index (χ0v) is 11.2. The molecule has 0 saturated heterocycles. The molecule has 11 heteroatoms. The van der Waals surface area contributed by atoms with Gasteiger partial charge in [0.2, 0.25) is 10.0 Å². The van der Waals surface area contributed by atoms with Gasteiger partial charge in [-0.1, -0.05) is 0 Å². The minimum absolute atomic E-state index is 0.0146. The maximum absolute atomic E-state index is 11.1. The van der Waals surface area contributed by atoms with Crippen molar-refractivity contribution >= 4 is 26.1 Å². The topological polar surface area (TPSA) is 181 Å². The lowest BCUT2D eigenvalue weighted by Gasteiger charge is -2.06. The van der Waals surface area contributed by atoms with E-state index < -0.39 is 20.4 Å². The molecule has 0 spiro atoms. The minimum Gasteiger partial charge on any atom is -0.399 e. The number of aliphatic hydroxyl groups excluding tert-OH is 1. The Morgan fingerprint density at radius 2 is 1.58 bits per heavy atom. The largest absolute Gasteiger partial charge is 0.399 e. The molecule has 0 bridgehead atoms. The van der Waals surface area contributed by atoms with Crippen LogP contribution in [0.15, 0.2) is 23.1 Å². The summed E-state index contributed by atoms with van der Waals surface area (Å²) in [5.74, 6) is 0. The van der Waals surface area contributed by atoms with Crippen LogP contribution in [0.4, 0.5) is 5.69 Å². The van der Waals surface area contributed by atoms with E-state index in [4.69, 9.17) is 33.5 Å². The Kier molecular flexibility index (Phi) is 6.35. The number of anilines is 1. The Hall–Kier alpha value is -1.24. The number of aliphatic hydroxyl groups is 1. The van der Waals surface area contributed by atoms with E-state index in [1.54, 1.807) is 0 Å². The average molecular weight is 314 g/mol. The molecule has 0 unspecified atom stereocenters. The molecule has 0 radical (unpaired) electrons. The summed E-state index contributed by atoms with van der Waals surface area (Å²) in [6.07, 6.45) is 0.219. The van der Waals surface area contributed by atoms with Gasteiger partial charge in [0.1, 0.15) is 0 Å². The van der Waals surface area contributed by atoms with Gasteiger partial charge in [0, 0.05) is 12.3 Å². The highest BCUT2D eigenvalue weighted by Crippen LogP contribution is 2.17. The maximum atomic E-state index is 11.1. The molecule has 0 aromatic heterocycles. The van der Waals surface area contributed by atoms with Crippen molar-refractivity contribution in [3.05, 3.63) is 23.8 Å². The van der Waals surface area contributed by atoms with Gasteiger partial charge in [-0.25, -0.2) is 13.6 Å². The molecule has 0 fully saturated rings. The van der Waals surface area contributed by atoms with E-state index in [-0.39, 0.29) is 17.9 Å². The second kappa shape index (κ2) is 6.79. The van der Waals surface area contributed by atoms with Crippen molar-refractivity contribution in [2.24, 2.45) is 5.14 Å². The average Bonchev–Trinajstić information content (AvgIpc) is 2.13. The zero-order valence-electron chi connectivity index (χ0n) is 9.59. The summed E-state index contributed by atoms with van der Waals surface area (Å²) in [6, 6.07) is 4.30. The molecular weight excluding hydrogens is 300 g/mol. The Labute approximate surface area is 110 Å². The van der Waals surface area contributed by atoms with Crippen LogP contribution in [-0.2, 0) is 26.8 Å². The lowest BCUT2D eigenvalue weighted by molar-refractivity contribution is 0.298. The van der Waals surface area contributed by atoms with Crippen molar-refractivity contribution in [1.82, 2.24) is 0 Å². The van der Waals surface area contributed by atoms with Gasteiger partial charge in [-0.2, -0.15) is 8.42 Å². The molecule has 0 aliphatic carbocycles. The summed E-state index contributed by atoms with van der Waals surface area (Å²) < 4.78 is 53.8. The van der Waals surface area contributed by atoms with Crippen LogP contribution in [0.3, 0.4) is 0 Å². The number of nitrogens with two attached hydrogens (primary N) is 2. The van der Waals surface area contributed by atoms with Crippen molar-refractivity contribution in [2.75, 3.05) is 12.3 Å². The molecule has 0 atom stereocenters. The third-order valence-corrected chi connectivity index (χ3v) is 2.78. The molecule has 110 valence electrons. The SMILES string of the molecule is Nc1ccc(S(N)(=O)=O)c(CCO)c1.O=S(=O)(O)O. The highest BCUT2D eigenvalue weighted by atomic mass is 32.3. The number of hydrogen-bond acceptors (Lipinski definition) is 6. The second-order valence-electron chi connectivity index (χ2n) is 3.33. The summed E-state index contributed by atoms with van der Waals surface area (Å²) >= 11 is 0. The predicted molar refractivity (Wildman–Crippen MR) is 67.2 cm³/mol. The molecule has 1 aromatic rings. The van der Waals surface area contributed by atoms with Gasteiger partial charge in [-0.3, -0.25) is 9.11 Å².